The molecule has 0 aliphatic carbocycles. The van der Waals surface area contributed by atoms with E-state index in [1.54, 1.807) is 0 Å². The maximum Gasteiger partial charge on any atom is 0.573 e. The highest BCUT2D eigenvalue weighted by atomic mass is 32.1. The summed E-state index contributed by atoms with van der Waals surface area (Å²) in [6.45, 7) is 0. The second-order valence-corrected chi connectivity index (χ2v) is 4.58. The second kappa shape index (κ2) is 5.44. The number of hydrogen-bond donors (Lipinski definition) is 0. The van der Waals surface area contributed by atoms with E-state index in [1.165, 1.54) is 23.5 Å². The van der Waals surface area contributed by atoms with Gasteiger partial charge in [0, 0.05) is 12.0 Å². The predicted molar refractivity (Wildman–Crippen MR) is 65.5 cm³/mol. The van der Waals surface area contributed by atoms with Crippen molar-refractivity contribution in [1.29, 1.82) is 0 Å². The van der Waals surface area contributed by atoms with E-state index < -0.39 is 6.36 Å². The Morgan fingerprint density at radius 3 is 2.37 bits per heavy atom. The van der Waals surface area contributed by atoms with Gasteiger partial charge in [-0.2, -0.15) is 11.3 Å². The Balaban J connectivity index is 2.04. The van der Waals surface area contributed by atoms with Crippen molar-refractivity contribution in [3.63, 3.8) is 0 Å². The molecule has 0 atom stereocenters. The molecular weight excluding hydrogens is 277 g/mol. The van der Waals surface area contributed by atoms with Gasteiger partial charge in [0.15, 0.2) is 5.78 Å². The van der Waals surface area contributed by atoms with Crippen LogP contribution in [0, 0.1) is 0 Å². The van der Waals surface area contributed by atoms with Gasteiger partial charge in [-0.15, -0.1) is 13.2 Å². The van der Waals surface area contributed by atoms with Crippen LogP contribution >= 0.6 is 11.3 Å². The normalized spacial score (nSPS) is 11.3. The van der Waals surface area contributed by atoms with Gasteiger partial charge in [-0.3, -0.25) is 4.79 Å². The lowest BCUT2D eigenvalue weighted by Crippen LogP contribution is -2.17. The van der Waals surface area contributed by atoms with E-state index in [9.17, 15) is 18.0 Å². The van der Waals surface area contributed by atoms with Gasteiger partial charge in [0.2, 0.25) is 0 Å². The molecule has 0 bridgehead atoms. The first-order valence-corrected chi connectivity index (χ1v) is 6.28. The Hall–Kier alpha value is -1.82. The van der Waals surface area contributed by atoms with Crippen molar-refractivity contribution in [2.24, 2.45) is 0 Å². The average Bonchev–Trinajstić information content (AvgIpc) is 2.80. The lowest BCUT2D eigenvalue weighted by Gasteiger charge is -2.08. The summed E-state index contributed by atoms with van der Waals surface area (Å²) in [4.78, 5) is 11.9. The lowest BCUT2D eigenvalue weighted by atomic mass is 10.1. The highest BCUT2D eigenvalue weighted by Gasteiger charge is 2.31. The Morgan fingerprint density at radius 2 is 1.84 bits per heavy atom. The Bertz CT molecular complexity index is 544. The second-order valence-electron chi connectivity index (χ2n) is 3.80. The van der Waals surface area contributed by atoms with Gasteiger partial charge in [-0.1, -0.05) is 0 Å². The molecule has 0 aliphatic heterocycles. The number of hydrogen-bond acceptors (Lipinski definition) is 3. The van der Waals surface area contributed by atoms with Crippen LogP contribution in [0.3, 0.4) is 0 Å². The first-order valence-electron chi connectivity index (χ1n) is 5.34. The van der Waals surface area contributed by atoms with Crippen LogP contribution in [0.25, 0.3) is 0 Å². The fourth-order valence-electron chi connectivity index (χ4n) is 1.52. The number of carbonyl (C=O) groups is 1. The van der Waals surface area contributed by atoms with Crippen LogP contribution in [-0.4, -0.2) is 12.1 Å². The van der Waals surface area contributed by atoms with E-state index in [1.807, 2.05) is 16.8 Å². The van der Waals surface area contributed by atoms with Crippen molar-refractivity contribution in [3.05, 3.63) is 52.2 Å². The summed E-state index contributed by atoms with van der Waals surface area (Å²) in [5.74, 6) is -0.475. The molecule has 2 nitrogen and oxygen atoms in total. The maximum atomic E-state index is 12.0. The molecular formula is C13H9F3O2S. The van der Waals surface area contributed by atoms with Crippen LogP contribution in [0.4, 0.5) is 13.2 Å². The van der Waals surface area contributed by atoms with E-state index >= 15 is 0 Å². The summed E-state index contributed by atoms with van der Waals surface area (Å²) in [6.07, 6.45) is -4.48. The monoisotopic (exact) mass is 286 g/mol. The summed E-state index contributed by atoms with van der Waals surface area (Å²) in [5, 5.41) is 3.72. The molecule has 0 unspecified atom stereocenters. The largest absolute Gasteiger partial charge is 0.573 e. The molecule has 100 valence electrons. The van der Waals surface area contributed by atoms with E-state index in [-0.39, 0.29) is 18.0 Å². The molecule has 0 aliphatic rings. The zero-order valence-electron chi connectivity index (χ0n) is 9.61. The van der Waals surface area contributed by atoms with Crippen LogP contribution < -0.4 is 4.74 Å². The Kier molecular flexibility index (Phi) is 3.90. The van der Waals surface area contributed by atoms with E-state index in [0.717, 1.165) is 17.7 Å². The van der Waals surface area contributed by atoms with Crippen molar-refractivity contribution in [2.75, 3.05) is 0 Å². The molecule has 0 amide bonds. The van der Waals surface area contributed by atoms with Crippen molar-refractivity contribution in [1.82, 2.24) is 0 Å². The minimum absolute atomic E-state index is 0.142. The van der Waals surface area contributed by atoms with Crippen molar-refractivity contribution in [3.8, 4) is 5.75 Å². The summed E-state index contributed by atoms with van der Waals surface area (Å²) >= 11 is 1.49. The number of Topliss-reactive ketones (excluding diaryl/α,β-unsaturated/α-hetero) is 1. The fraction of sp³-hybridized carbons (Fsp3) is 0.154. The third kappa shape index (κ3) is 4.10. The van der Waals surface area contributed by atoms with Crippen LogP contribution in [0.1, 0.15) is 15.9 Å². The zero-order chi connectivity index (χ0) is 13.9. The van der Waals surface area contributed by atoms with Crippen molar-refractivity contribution >= 4 is 17.1 Å². The van der Waals surface area contributed by atoms with E-state index in [4.69, 9.17) is 0 Å². The zero-order valence-corrected chi connectivity index (χ0v) is 10.4. The van der Waals surface area contributed by atoms with Gasteiger partial charge in [0.1, 0.15) is 5.75 Å². The number of halogens is 3. The lowest BCUT2D eigenvalue weighted by molar-refractivity contribution is -0.274. The third-order valence-corrected chi connectivity index (χ3v) is 3.09. The Labute approximate surface area is 111 Å². The molecule has 0 fully saturated rings. The quantitative estimate of drug-likeness (QED) is 0.792. The molecule has 2 aromatic rings. The smallest absolute Gasteiger partial charge is 0.406 e. The van der Waals surface area contributed by atoms with E-state index in [2.05, 4.69) is 4.74 Å². The number of benzene rings is 1. The topological polar surface area (TPSA) is 26.3 Å². The minimum atomic E-state index is -4.72. The van der Waals surface area contributed by atoms with Gasteiger partial charge in [-0.25, -0.2) is 0 Å². The van der Waals surface area contributed by atoms with Gasteiger partial charge in [0.25, 0.3) is 0 Å². The van der Waals surface area contributed by atoms with Gasteiger partial charge in [0.05, 0.1) is 0 Å². The number of thiophene rings is 1. The molecule has 1 aromatic heterocycles. The number of alkyl halides is 3. The molecule has 0 spiro atoms. The molecule has 0 N–H and O–H groups in total. The number of ketones is 1. The summed E-state index contributed by atoms with van der Waals surface area (Å²) in [7, 11) is 0. The highest BCUT2D eigenvalue weighted by molar-refractivity contribution is 7.08. The number of carbonyl (C=O) groups excluding carboxylic acids is 1. The van der Waals surface area contributed by atoms with Crippen molar-refractivity contribution < 1.29 is 22.7 Å². The van der Waals surface area contributed by atoms with Crippen LogP contribution in [0.15, 0.2) is 41.1 Å². The summed E-state index contributed by atoms with van der Waals surface area (Å²) < 4.78 is 39.6. The molecule has 19 heavy (non-hydrogen) atoms. The minimum Gasteiger partial charge on any atom is -0.406 e. The van der Waals surface area contributed by atoms with Gasteiger partial charge >= 0.3 is 6.36 Å². The third-order valence-electron chi connectivity index (χ3n) is 2.35. The van der Waals surface area contributed by atoms with Crippen LogP contribution in [0.5, 0.6) is 5.75 Å². The molecule has 0 saturated heterocycles. The first kappa shape index (κ1) is 13.6. The number of rotatable bonds is 4. The number of ether oxygens (including phenoxy) is 1. The van der Waals surface area contributed by atoms with Crippen LogP contribution in [0.2, 0.25) is 0 Å². The summed E-state index contributed by atoms with van der Waals surface area (Å²) in [5.41, 5.74) is 1.26. The molecule has 6 heteroatoms. The molecule has 0 saturated carbocycles. The standard InChI is InChI=1S/C13H9F3O2S/c14-13(15,16)18-11-3-1-10(2-4-11)12(17)7-9-5-6-19-8-9/h1-6,8H,7H2. The predicted octanol–water partition coefficient (Wildman–Crippen LogP) is 4.07. The van der Waals surface area contributed by atoms with Crippen LogP contribution in [-0.2, 0) is 6.42 Å². The van der Waals surface area contributed by atoms with Crippen molar-refractivity contribution in [2.45, 2.75) is 12.8 Å². The van der Waals surface area contributed by atoms with Gasteiger partial charge < -0.3 is 4.74 Å². The Morgan fingerprint density at radius 1 is 1.16 bits per heavy atom. The maximum absolute atomic E-state index is 12.0. The molecule has 0 radical (unpaired) electrons. The SMILES string of the molecule is O=C(Cc1ccsc1)c1ccc(OC(F)(F)F)cc1. The fourth-order valence-corrected chi connectivity index (χ4v) is 2.19. The van der Waals surface area contributed by atoms with E-state index in [0.29, 0.717) is 5.56 Å². The molecule has 1 heterocycles. The molecule has 1 aromatic carbocycles. The summed E-state index contributed by atoms with van der Waals surface area (Å²) in [6, 6.07) is 6.76. The first-order chi connectivity index (χ1) is 8.94. The highest BCUT2D eigenvalue weighted by Crippen LogP contribution is 2.23. The average molecular weight is 286 g/mol. The van der Waals surface area contributed by atoms with Gasteiger partial charge in [-0.05, 0) is 46.7 Å². The molecule has 2 rings (SSSR count).